The first-order valence-electron chi connectivity index (χ1n) is 10.8. The van der Waals surface area contributed by atoms with E-state index in [2.05, 4.69) is 31.1 Å². The summed E-state index contributed by atoms with van der Waals surface area (Å²) in [4.78, 5) is 29.8. The molecule has 2 amide bonds. The zero-order valence-corrected chi connectivity index (χ0v) is 20.5. The lowest BCUT2D eigenvalue weighted by Crippen LogP contribution is -2.26. The van der Waals surface area contributed by atoms with Crippen LogP contribution in [-0.4, -0.2) is 29.9 Å². The number of aromatic nitrogens is 1. The number of nitrogens with zero attached hydrogens (tertiary/aromatic N) is 2. The normalized spacial score (nSPS) is 11.4. The third-order valence-electron chi connectivity index (χ3n) is 4.91. The van der Waals surface area contributed by atoms with Gasteiger partial charge in [0.05, 0.1) is 17.9 Å². The number of thiazole rings is 1. The number of rotatable bonds is 8. The summed E-state index contributed by atoms with van der Waals surface area (Å²) in [5.41, 5.74) is 1.93. The first kappa shape index (κ1) is 25.1. The van der Waals surface area contributed by atoms with Crippen molar-refractivity contribution in [2.24, 2.45) is 0 Å². The fourth-order valence-corrected chi connectivity index (χ4v) is 3.96. The van der Waals surface area contributed by atoms with Gasteiger partial charge in [0.1, 0.15) is 18.2 Å². The van der Waals surface area contributed by atoms with Crippen LogP contribution in [0.5, 0.6) is 5.75 Å². The zero-order chi connectivity index (χ0) is 24.7. The Hall–Kier alpha value is -3.52. The van der Waals surface area contributed by atoms with E-state index in [-0.39, 0.29) is 22.9 Å². The number of hydrogen-bond acceptors (Lipinski definition) is 5. The van der Waals surface area contributed by atoms with E-state index < -0.39 is 5.82 Å². The van der Waals surface area contributed by atoms with Gasteiger partial charge in [-0.2, -0.15) is 0 Å². The van der Waals surface area contributed by atoms with Gasteiger partial charge in [0, 0.05) is 18.4 Å². The van der Waals surface area contributed by atoms with Crippen molar-refractivity contribution in [1.82, 2.24) is 10.3 Å². The van der Waals surface area contributed by atoms with Gasteiger partial charge in [-0.05, 0) is 41.3 Å². The van der Waals surface area contributed by atoms with Crippen molar-refractivity contribution < 1.29 is 18.7 Å². The first-order valence-corrected chi connectivity index (χ1v) is 11.7. The van der Waals surface area contributed by atoms with Crippen LogP contribution in [0, 0.1) is 5.82 Å². The Morgan fingerprint density at radius 1 is 1.15 bits per heavy atom. The third-order valence-corrected chi connectivity index (χ3v) is 5.75. The highest BCUT2D eigenvalue weighted by molar-refractivity contribution is 7.14. The smallest absolute Gasteiger partial charge is 0.244 e. The third kappa shape index (κ3) is 6.74. The van der Waals surface area contributed by atoms with Gasteiger partial charge in [0.15, 0.2) is 5.13 Å². The van der Waals surface area contributed by atoms with Crippen molar-refractivity contribution in [3.63, 3.8) is 0 Å². The van der Waals surface area contributed by atoms with Crippen LogP contribution >= 0.6 is 11.3 Å². The number of anilines is 2. The van der Waals surface area contributed by atoms with Crippen LogP contribution in [0.15, 0.2) is 60.0 Å². The Morgan fingerprint density at radius 2 is 1.85 bits per heavy atom. The number of para-hydroxylation sites is 1. The molecule has 2 aromatic carbocycles. The molecule has 0 saturated heterocycles. The molecule has 6 nitrogen and oxygen atoms in total. The highest BCUT2D eigenvalue weighted by Gasteiger charge is 2.20. The van der Waals surface area contributed by atoms with Crippen LogP contribution in [0.25, 0.3) is 6.08 Å². The molecular formula is C26H28FN3O3S. The average Bonchev–Trinajstić information content (AvgIpc) is 3.25. The molecule has 0 radical (unpaired) electrons. The highest BCUT2D eigenvalue weighted by Crippen LogP contribution is 2.31. The SMILES string of the molecule is CC(=O)N(c1nc(/C=C/C(=O)NCCOc2ccc(C(C)(C)C)cc2)cs1)c1ccccc1F. The molecule has 0 fully saturated rings. The molecule has 0 atom stereocenters. The maximum absolute atomic E-state index is 14.2. The minimum Gasteiger partial charge on any atom is -0.492 e. The fraction of sp³-hybridized carbons (Fsp3) is 0.269. The summed E-state index contributed by atoms with van der Waals surface area (Å²) in [6.45, 7) is 8.49. The summed E-state index contributed by atoms with van der Waals surface area (Å²) in [5.74, 6) is -0.422. The molecule has 3 aromatic rings. The van der Waals surface area contributed by atoms with E-state index in [0.29, 0.717) is 24.0 Å². The molecule has 1 aromatic heterocycles. The number of nitrogens with one attached hydrogen (secondary N) is 1. The Kier molecular flexibility index (Phi) is 8.17. The largest absolute Gasteiger partial charge is 0.492 e. The summed E-state index contributed by atoms with van der Waals surface area (Å²) in [6, 6.07) is 13.9. The number of amides is 2. The van der Waals surface area contributed by atoms with Crippen molar-refractivity contribution in [3.8, 4) is 5.75 Å². The van der Waals surface area contributed by atoms with Crippen LogP contribution in [0.1, 0.15) is 39.0 Å². The van der Waals surface area contributed by atoms with E-state index in [1.54, 1.807) is 23.6 Å². The first-order chi connectivity index (χ1) is 16.1. The van der Waals surface area contributed by atoms with Crippen LogP contribution in [-0.2, 0) is 15.0 Å². The highest BCUT2D eigenvalue weighted by atomic mass is 32.1. The van der Waals surface area contributed by atoms with Crippen molar-refractivity contribution >= 4 is 40.0 Å². The van der Waals surface area contributed by atoms with Gasteiger partial charge in [-0.25, -0.2) is 9.37 Å². The Labute approximate surface area is 203 Å². The molecule has 34 heavy (non-hydrogen) atoms. The molecule has 0 unspecified atom stereocenters. The number of ether oxygens (including phenoxy) is 1. The minimum atomic E-state index is -0.517. The number of carbonyl (C=O) groups excluding carboxylic acids is 2. The van der Waals surface area contributed by atoms with Crippen molar-refractivity contribution in [1.29, 1.82) is 0 Å². The Bertz CT molecular complexity index is 1170. The standard InChI is InChI=1S/C26H28FN3O3S/c1-18(31)30(23-8-6-5-7-22(23)27)25-29-20(17-34-25)11-14-24(32)28-15-16-33-21-12-9-19(10-13-21)26(2,3)4/h5-14,17H,15-16H2,1-4H3,(H,28,32)/b14-11+. The van der Waals surface area contributed by atoms with Crippen molar-refractivity contribution in [2.45, 2.75) is 33.1 Å². The molecule has 1 N–H and O–H groups in total. The van der Waals surface area contributed by atoms with Crippen molar-refractivity contribution in [3.05, 3.63) is 77.1 Å². The van der Waals surface area contributed by atoms with E-state index in [1.165, 1.54) is 46.9 Å². The maximum atomic E-state index is 14.2. The summed E-state index contributed by atoms with van der Waals surface area (Å²) in [5, 5.41) is 4.77. The fourth-order valence-electron chi connectivity index (χ4n) is 3.11. The van der Waals surface area contributed by atoms with E-state index in [1.807, 2.05) is 24.3 Å². The van der Waals surface area contributed by atoms with E-state index >= 15 is 0 Å². The van der Waals surface area contributed by atoms with Crippen LogP contribution < -0.4 is 15.0 Å². The molecular weight excluding hydrogens is 453 g/mol. The lowest BCUT2D eigenvalue weighted by molar-refractivity contribution is -0.117. The maximum Gasteiger partial charge on any atom is 0.244 e. The van der Waals surface area contributed by atoms with Gasteiger partial charge < -0.3 is 10.1 Å². The molecule has 0 saturated carbocycles. The van der Waals surface area contributed by atoms with E-state index in [9.17, 15) is 14.0 Å². The molecule has 0 aliphatic carbocycles. The lowest BCUT2D eigenvalue weighted by atomic mass is 9.87. The quantitative estimate of drug-likeness (QED) is 0.342. The summed E-state index contributed by atoms with van der Waals surface area (Å²) in [6.07, 6.45) is 2.90. The number of hydrogen-bond donors (Lipinski definition) is 1. The van der Waals surface area contributed by atoms with E-state index in [4.69, 9.17) is 4.74 Å². The number of halogens is 1. The summed E-state index contributed by atoms with van der Waals surface area (Å²) in [7, 11) is 0. The van der Waals surface area contributed by atoms with Crippen LogP contribution in [0.3, 0.4) is 0 Å². The topological polar surface area (TPSA) is 71.5 Å². The van der Waals surface area contributed by atoms with Gasteiger partial charge in [-0.15, -0.1) is 11.3 Å². The van der Waals surface area contributed by atoms with Gasteiger partial charge in [0.25, 0.3) is 0 Å². The molecule has 0 aliphatic rings. The molecule has 178 valence electrons. The van der Waals surface area contributed by atoms with Gasteiger partial charge >= 0.3 is 0 Å². The summed E-state index contributed by atoms with van der Waals surface area (Å²) < 4.78 is 19.8. The van der Waals surface area contributed by atoms with Gasteiger partial charge in [-0.3, -0.25) is 14.5 Å². The monoisotopic (exact) mass is 481 g/mol. The second kappa shape index (κ2) is 11.1. The number of carbonyl (C=O) groups is 2. The number of benzene rings is 2. The van der Waals surface area contributed by atoms with Crippen LogP contribution in [0.4, 0.5) is 15.2 Å². The van der Waals surface area contributed by atoms with Crippen molar-refractivity contribution in [2.75, 3.05) is 18.1 Å². The Morgan fingerprint density at radius 3 is 2.50 bits per heavy atom. The van der Waals surface area contributed by atoms with E-state index in [0.717, 1.165) is 5.75 Å². The second-order valence-corrected chi connectivity index (χ2v) is 9.44. The predicted octanol–water partition coefficient (Wildman–Crippen LogP) is 5.47. The molecule has 3 rings (SSSR count). The molecule has 1 heterocycles. The molecule has 8 heteroatoms. The zero-order valence-electron chi connectivity index (χ0n) is 19.7. The summed E-state index contributed by atoms with van der Waals surface area (Å²) >= 11 is 1.19. The van der Waals surface area contributed by atoms with Crippen LogP contribution in [0.2, 0.25) is 0 Å². The molecule has 0 aliphatic heterocycles. The van der Waals surface area contributed by atoms with Gasteiger partial charge in [0.2, 0.25) is 11.8 Å². The second-order valence-electron chi connectivity index (χ2n) is 8.61. The molecule has 0 bridgehead atoms. The minimum absolute atomic E-state index is 0.0823. The average molecular weight is 482 g/mol. The Balaban J connectivity index is 1.51. The van der Waals surface area contributed by atoms with Gasteiger partial charge in [-0.1, -0.05) is 45.0 Å². The lowest BCUT2D eigenvalue weighted by Gasteiger charge is -2.19. The predicted molar refractivity (Wildman–Crippen MR) is 134 cm³/mol. The molecule has 0 spiro atoms.